The quantitative estimate of drug-likeness (QED) is 0.212. The Morgan fingerprint density at radius 2 is 1.77 bits per heavy atom. The summed E-state index contributed by atoms with van der Waals surface area (Å²) in [4.78, 5) is 50.6. The fourth-order valence-corrected chi connectivity index (χ4v) is 5.95. The molecule has 0 aromatic carbocycles. The van der Waals surface area contributed by atoms with Crippen LogP contribution in [-0.2, 0) is 20.7 Å². The van der Waals surface area contributed by atoms with Gasteiger partial charge < -0.3 is 18.8 Å². The lowest BCUT2D eigenvalue weighted by molar-refractivity contribution is -0.156. The van der Waals surface area contributed by atoms with E-state index in [2.05, 4.69) is 27.1 Å². The normalized spacial score (nSPS) is 19.1. The molecule has 2 fully saturated rings. The predicted molar refractivity (Wildman–Crippen MR) is 168 cm³/mol. The largest absolute Gasteiger partial charge is 0.460 e. The Morgan fingerprint density at radius 1 is 1.05 bits per heavy atom. The van der Waals surface area contributed by atoms with Crippen molar-refractivity contribution < 1.29 is 28.3 Å². The predicted octanol–water partition coefficient (Wildman–Crippen LogP) is 7.07. The first kappa shape index (κ1) is 31.5. The summed E-state index contributed by atoms with van der Waals surface area (Å²) < 4.78 is 17.1. The minimum absolute atomic E-state index is 0.0223. The number of nitrogens with one attached hydrogen (secondary N) is 1. The van der Waals surface area contributed by atoms with Gasteiger partial charge in [-0.15, -0.1) is 0 Å². The van der Waals surface area contributed by atoms with Gasteiger partial charge in [0.25, 0.3) is 0 Å². The second kappa shape index (κ2) is 12.2. The molecule has 1 N–H and O–H groups in total. The second-order valence-electron chi connectivity index (χ2n) is 14.3. The molecule has 2 atom stereocenters. The van der Waals surface area contributed by atoms with Crippen LogP contribution < -0.4 is 10.2 Å². The fourth-order valence-electron chi connectivity index (χ4n) is 5.95. The van der Waals surface area contributed by atoms with Crippen LogP contribution in [0.5, 0.6) is 0 Å². The van der Waals surface area contributed by atoms with Crippen molar-refractivity contribution in [3.63, 3.8) is 0 Å². The van der Waals surface area contributed by atoms with E-state index in [-0.39, 0.29) is 35.5 Å². The molecule has 1 aliphatic heterocycles. The van der Waals surface area contributed by atoms with Crippen LogP contribution in [0.4, 0.5) is 16.4 Å². The Kier molecular flexibility index (Phi) is 8.73. The lowest BCUT2D eigenvalue weighted by Gasteiger charge is -2.38. The molecule has 3 aromatic heterocycles. The Hall–Kier alpha value is -3.95. The van der Waals surface area contributed by atoms with Gasteiger partial charge in [-0.2, -0.15) is 0 Å². The maximum Gasteiger partial charge on any atom is 0.414 e. The third-order valence-electron chi connectivity index (χ3n) is 7.68. The van der Waals surface area contributed by atoms with Crippen LogP contribution in [0.15, 0.2) is 35.1 Å². The molecule has 4 heterocycles. The smallest absolute Gasteiger partial charge is 0.414 e. The number of carbonyl (C=O) groups is 3. The number of pyridine rings is 2. The number of piperidine rings is 1. The fraction of sp³-hybridized carbons (Fsp3) is 0.559. The summed E-state index contributed by atoms with van der Waals surface area (Å²) in [5, 5.41) is 2.65. The van der Waals surface area contributed by atoms with E-state index in [1.807, 2.05) is 32.9 Å². The first-order valence-corrected chi connectivity index (χ1v) is 15.5. The van der Waals surface area contributed by atoms with Crippen LogP contribution in [0.25, 0.3) is 11.1 Å². The van der Waals surface area contributed by atoms with E-state index in [4.69, 9.17) is 13.9 Å². The molecule has 236 valence electrons. The van der Waals surface area contributed by atoms with Crippen LogP contribution >= 0.6 is 0 Å². The molecular weight excluding hydrogens is 560 g/mol. The van der Waals surface area contributed by atoms with E-state index in [0.29, 0.717) is 35.9 Å². The highest BCUT2D eigenvalue weighted by atomic mass is 16.6. The molecule has 1 saturated carbocycles. The van der Waals surface area contributed by atoms with Crippen molar-refractivity contribution in [1.82, 2.24) is 9.97 Å². The third kappa shape index (κ3) is 7.95. The van der Waals surface area contributed by atoms with Gasteiger partial charge in [0.05, 0.1) is 6.42 Å². The average molecular weight is 605 g/mol. The Bertz CT molecular complexity index is 1550. The van der Waals surface area contributed by atoms with Crippen molar-refractivity contribution in [2.45, 2.75) is 97.7 Å². The van der Waals surface area contributed by atoms with Crippen molar-refractivity contribution in [2.75, 3.05) is 23.3 Å². The molecule has 0 radical (unpaired) electrons. The van der Waals surface area contributed by atoms with Crippen LogP contribution in [0.2, 0.25) is 0 Å². The molecule has 44 heavy (non-hydrogen) atoms. The first-order valence-electron chi connectivity index (χ1n) is 15.5. The zero-order valence-electron chi connectivity index (χ0n) is 26.9. The number of fused-ring (bicyclic) bond motifs is 1. The average Bonchev–Trinajstić information content (AvgIpc) is 3.67. The van der Waals surface area contributed by atoms with Crippen molar-refractivity contribution in [3.05, 3.63) is 47.4 Å². The molecule has 0 spiro atoms. The van der Waals surface area contributed by atoms with Gasteiger partial charge in [-0.25, -0.2) is 4.79 Å². The highest BCUT2D eigenvalue weighted by molar-refractivity contribution is 6.12. The van der Waals surface area contributed by atoms with Crippen molar-refractivity contribution in [3.8, 4) is 0 Å². The molecule has 10 heteroatoms. The van der Waals surface area contributed by atoms with Gasteiger partial charge in [0, 0.05) is 49.4 Å². The molecule has 10 nitrogen and oxygen atoms in total. The SMILES string of the molecule is C[C@@H]1C[C@H](CC(=O)OC(C)(C)C)CN(c2ccncc2CC(=O)c2c(NC(=O)OC(C)(C)C)oc3cc(C4CC4)cnc23)C1. The molecule has 1 amide bonds. The number of ether oxygens (including phenoxy) is 2. The topological polar surface area (TPSA) is 124 Å². The van der Waals surface area contributed by atoms with E-state index < -0.39 is 17.3 Å². The third-order valence-corrected chi connectivity index (χ3v) is 7.68. The molecule has 3 aromatic rings. The lowest BCUT2D eigenvalue weighted by atomic mass is 9.87. The van der Waals surface area contributed by atoms with Gasteiger partial charge in [0.1, 0.15) is 22.3 Å². The summed E-state index contributed by atoms with van der Waals surface area (Å²) in [6, 6.07) is 3.82. The monoisotopic (exact) mass is 604 g/mol. The van der Waals surface area contributed by atoms with Gasteiger partial charge in [0.2, 0.25) is 5.88 Å². The second-order valence-corrected chi connectivity index (χ2v) is 14.3. The number of aromatic nitrogens is 2. The number of carbonyl (C=O) groups excluding carboxylic acids is 3. The number of amides is 1. The zero-order valence-corrected chi connectivity index (χ0v) is 26.9. The number of anilines is 2. The van der Waals surface area contributed by atoms with Crippen LogP contribution in [0, 0.1) is 11.8 Å². The standard InChI is InChI=1S/C34H44N4O6/c1-20-12-21(13-28(40)43-33(2,3)4)19-38(18-20)25-10-11-35-16-24(25)14-26(39)29-30-27(15-23(17-36-30)22-8-9-22)42-31(29)37-32(41)44-34(5,6)7/h10-11,15-17,20-22H,8-9,12-14,18-19H2,1-7H3,(H,37,41)/t20-,21-/m1/s1. The van der Waals surface area contributed by atoms with Crippen molar-refractivity contribution in [2.24, 2.45) is 11.8 Å². The maximum atomic E-state index is 14.1. The number of esters is 1. The number of hydrogen-bond donors (Lipinski definition) is 1. The van der Waals surface area contributed by atoms with E-state index in [1.165, 1.54) is 0 Å². The van der Waals surface area contributed by atoms with Gasteiger partial charge >= 0.3 is 12.1 Å². The summed E-state index contributed by atoms with van der Waals surface area (Å²) in [6.07, 6.45) is 7.98. The Morgan fingerprint density at radius 3 is 2.45 bits per heavy atom. The lowest BCUT2D eigenvalue weighted by Crippen LogP contribution is -2.41. The zero-order chi connectivity index (χ0) is 31.8. The van der Waals surface area contributed by atoms with Crippen molar-refractivity contribution >= 4 is 40.5 Å². The summed E-state index contributed by atoms with van der Waals surface area (Å²) in [7, 11) is 0. The number of Topliss-reactive ketones (excluding diaryl/α,β-unsaturated/α-hetero) is 1. The van der Waals surface area contributed by atoms with E-state index in [1.54, 1.807) is 39.4 Å². The summed E-state index contributed by atoms with van der Waals surface area (Å²) >= 11 is 0. The number of hydrogen-bond acceptors (Lipinski definition) is 9. The molecule has 5 rings (SSSR count). The highest BCUT2D eigenvalue weighted by Gasteiger charge is 2.32. The minimum atomic E-state index is -0.727. The molecule has 0 unspecified atom stereocenters. The highest BCUT2D eigenvalue weighted by Crippen LogP contribution is 2.42. The Labute approximate surface area is 258 Å². The number of nitrogens with zero attached hydrogens (tertiary/aromatic N) is 3. The summed E-state index contributed by atoms with van der Waals surface area (Å²) in [5.41, 5.74) is 2.50. The number of ketones is 1. The Balaban J connectivity index is 1.41. The molecule has 1 saturated heterocycles. The summed E-state index contributed by atoms with van der Waals surface area (Å²) in [5.74, 6) is 0.483. The van der Waals surface area contributed by atoms with E-state index in [0.717, 1.165) is 42.6 Å². The maximum absolute atomic E-state index is 14.1. The van der Waals surface area contributed by atoms with Crippen LogP contribution in [0.3, 0.4) is 0 Å². The van der Waals surface area contributed by atoms with Crippen molar-refractivity contribution in [1.29, 1.82) is 0 Å². The van der Waals surface area contributed by atoms with Gasteiger partial charge in [-0.05, 0) is 96.3 Å². The van der Waals surface area contributed by atoms with Gasteiger partial charge in [0.15, 0.2) is 11.4 Å². The first-order chi connectivity index (χ1) is 20.6. The molecule has 0 bridgehead atoms. The molecular formula is C34H44N4O6. The number of rotatable bonds is 8. The summed E-state index contributed by atoms with van der Waals surface area (Å²) in [6.45, 7) is 14.6. The van der Waals surface area contributed by atoms with E-state index >= 15 is 0 Å². The van der Waals surface area contributed by atoms with Crippen LogP contribution in [0.1, 0.15) is 102 Å². The molecule has 2 aliphatic rings. The molecule has 1 aliphatic carbocycles. The van der Waals surface area contributed by atoms with Gasteiger partial charge in [-0.3, -0.25) is 24.9 Å². The minimum Gasteiger partial charge on any atom is -0.460 e. The number of furan rings is 1. The van der Waals surface area contributed by atoms with Gasteiger partial charge in [-0.1, -0.05) is 6.92 Å². The van der Waals surface area contributed by atoms with Crippen LogP contribution in [-0.4, -0.2) is 52.1 Å². The van der Waals surface area contributed by atoms with E-state index in [9.17, 15) is 14.4 Å².